The molecule has 4 heteroatoms. The number of benzene rings is 1. The van der Waals surface area contributed by atoms with Gasteiger partial charge in [0.25, 0.3) is 0 Å². The number of halogens is 1. The molecule has 1 saturated carbocycles. The van der Waals surface area contributed by atoms with Crippen LogP contribution in [0.25, 0.3) is 0 Å². The molecule has 1 aliphatic rings. The lowest BCUT2D eigenvalue weighted by Gasteiger charge is -2.21. The second-order valence-corrected chi connectivity index (χ2v) is 6.44. The molecule has 3 nitrogen and oxygen atoms in total. The summed E-state index contributed by atoms with van der Waals surface area (Å²) in [7, 11) is 0. The van der Waals surface area contributed by atoms with E-state index in [1.165, 1.54) is 32.1 Å². The third-order valence-electron chi connectivity index (χ3n) is 3.93. The maximum absolute atomic E-state index is 11.7. The van der Waals surface area contributed by atoms with Gasteiger partial charge in [0.05, 0.1) is 0 Å². The van der Waals surface area contributed by atoms with Gasteiger partial charge in [0.15, 0.2) is 0 Å². The highest BCUT2D eigenvalue weighted by molar-refractivity contribution is 9.10. The Morgan fingerprint density at radius 1 is 1.10 bits per heavy atom. The van der Waals surface area contributed by atoms with Crippen LogP contribution in [-0.4, -0.2) is 12.6 Å². The van der Waals surface area contributed by atoms with Crippen LogP contribution in [0, 0.1) is 5.92 Å². The lowest BCUT2D eigenvalue weighted by molar-refractivity contribution is 0.238. The molecule has 0 bridgehead atoms. The minimum absolute atomic E-state index is 0.0660. The fourth-order valence-corrected chi connectivity index (χ4v) is 2.98. The first-order valence-electron chi connectivity index (χ1n) is 7.50. The first-order valence-corrected chi connectivity index (χ1v) is 8.29. The summed E-state index contributed by atoms with van der Waals surface area (Å²) in [5.41, 5.74) is 1.11. The van der Waals surface area contributed by atoms with Crippen molar-refractivity contribution in [2.45, 2.75) is 45.1 Å². The molecule has 1 aromatic rings. The Kier molecular flexibility index (Phi) is 6.37. The molecular weight excluding hydrogens is 316 g/mol. The largest absolute Gasteiger partial charge is 0.338 e. The quantitative estimate of drug-likeness (QED) is 0.829. The highest BCUT2D eigenvalue weighted by Crippen LogP contribution is 2.25. The zero-order valence-electron chi connectivity index (χ0n) is 11.8. The van der Waals surface area contributed by atoms with E-state index in [4.69, 9.17) is 0 Å². The van der Waals surface area contributed by atoms with Crippen LogP contribution in [-0.2, 0) is 6.54 Å². The van der Waals surface area contributed by atoms with E-state index in [9.17, 15) is 4.79 Å². The number of carbonyl (C=O) groups is 1. The summed E-state index contributed by atoms with van der Waals surface area (Å²) in [6.07, 6.45) is 7.90. The summed E-state index contributed by atoms with van der Waals surface area (Å²) in [5, 5.41) is 5.84. The molecule has 2 amide bonds. The third-order valence-corrected chi connectivity index (χ3v) is 4.46. The molecule has 0 heterocycles. The zero-order valence-corrected chi connectivity index (χ0v) is 13.4. The fourth-order valence-electron chi connectivity index (χ4n) is 2.71. The number of rotatable bonds is 5. The van der Waals surface area contributed by atoms with Gasteiger partial charge < -0.3 is 10.6 Å². The van der Waals surface area contributed by atoms with E-state index in [2.05, 4.69) is 26.6 Å². The Morgan fingerprint density at radius 2 is 1.80 bits per heavy atom. The molecule has 20 heavy (non-hydrogen) atoms. The summed E-state index contributed by atoms with van der Waals surface area (Å²) in [6.45, 7) is 1.36. The number of amides is 2. The van der Waals surface area contributed by atoms with E-state index < -0.39 is 0 Å². The van der Waals surface area contributed by atoms with Crippen molar-refractivity contribution in [2.75, 3.05) is 6.54 Å². The average Bonchev–Trinajstić information content (AvgIpc) is 2.48. The Labute approximate surface area is 129 Å². The zero-order chi connectivity index (χ0) is 14.2. The number of hydrogen-bond donors (Lipinski definition) is 2. The number of carbonyl (C=O) groups excluding carboxylic acids is 1. The second-order valence-electron chi connectivity index (χ2n) is 5.53. The molecule has 0 radical (unpaired) electrons. The van der Waals surface area contributed by atoms with Crippen LogP contribution in [0.15, 0.2) is 28.7 Å². The number of urea groups is 1. The first kappa shape index (κ1) is 15.4. The maximum Gasteiger partial charge on any atom is 0.315 e. The van der Waals surface area contributed by atoms with Crippen LogP contribution >= 0.6 is 15.9 Å². The molecule has 1 aromatic carbocycles. The van der Waals surface area contributed by atoms with Crippen LogP contribution in [0.1, 0.15) is 44.1 Å². The normalized spacial score (nSPS) is 15.8. The van der Waals surface area contributed by atoms with Gasteiger partial charge in [-0.25, -0.2) is 4.79 Å². The van der Waals surface area contributed by atoms with Crippen LogP contribution in [0.2, 0.25) is 0 Å². The average molecular weight is 339 g/mol. The maximum atomic E-state index is 11.7. The van der Waals surface area contributed by atoms with Gasteiger partial charge in [-0.05, 0) is 30.0 Å². The molecule has 0 aromatic heterocycles. The van der Waals surface area contributed by atoms with E-state index in [1.54, 1.807) is 0 Å². The van der Waals surface area contributed by atoms with Crippen molar-refractivity contribution in [3.8, 4) is 0 Å². The molecule has 0 spiro atoms. The predicted octanol–water partition coefficient (Wildman–Crippen LogP) is 4.22. The third kappa shape index (κ3) is 5.53. The van der Waals surface area contributed by atoms with Crippen LogP contribution in [0.3, 0.4) is 0 Å². The van der Waals surface area contributed by atoms with Gasteiger partial charge in [-0.15, -0.1) is 0 Å². The van der Waals surface area contributed by atoms with Gasteiger partial charge >= 0.3 is 6.03 Å². The van der Waals surface area contributed by atoms with Crippen LogP contribution < -0.4 is 10.6 Å². The standard InChI is InChI=1S/C16H23BrN2O/c17-15-8-6-14(7-9-15)12-19-16(20)18-11-10-13-4-2-1-3-5-13/h6-9,13H,1-5,10-12H2,(H2,18,19,20). The van der Waals surface area contributed by atoms with Crippen molar-refractivity contribution in [3.63, 3.8) is 0 Å². The molecule has 2 rings (SSSR count). The lowest BCUT2D eigenvalue weighted by atomic mass is 9.87. The minimum Gasteiger partial charge on any atom is -0.338 e. The monoisotopic (exact) mass is 338 g/mol. The van der Waals surface area contributed by atoms with Gasteiger partial charge in [0.2, 0.25) is 0 Å². The molecule has 0 unspecified atom stereocenters. The van der Waals surface area contributed by atoms with Crippen molar-refractivity contribution < 1.29 is 4.79 Å². The van der Waals surface area contributed by atoms with Crippen molar-refractivity contribution in [3.05, 3.63) is 34.3 Å². The Morgan fingerprint density at radius 3 is 2.50 bits per heavy atom. The van der Waals surface area contributed by atoms with Gasteiger partial charge in [-0.2, -0.15) is 0 Å². The highest BCUT2D eigenvalue weighted by atomic mass is 79.9. The van der Waals surface area contributed by atoms with Crippen LogP contribution in [0.5, 0.6) is 0 Å². The minimum atomic E-state index is -0.0660. The summed E-state index contributed by atoms with van der Waals surface area (Å²) < 4.78 is 1.05. The Balaban J connectivity index is 1.59. The van der Waals surface area contributed by atoms with E-state index in [-0.39, 0.29) is 6.03 Å². The molecule has 1 aliphatic carbocycles. The van der Waals surface area contributed by atoms with Crippen LogP contribution in [0.4, 0.5) is 4.79 Å². The van der Waals surface area contributed by atoms with Gasteiger partial charge in [0.1, 0.15) is 0 Å². The molecule has 0 saturated heterocycles. The molecular formula is C16H23BrN2O. The first-order chi connectivity index (χ1) is 9.74. The van der Waals surface area contributed by atoms with E-state index >= 15 is 0 Å². The SMILES string of the molecule is O=C(NCCC1CCCCC1)NCc1ccc(Br)cc1. The Hall–Kier alpha value is -1.03. The second kappa shape index (κ2) is 8.30. The summed E-state index contributed by atoms with van der Waals surface area (Å²) in [5.74, 6) is 0.815. The molecule has 2 N–H and O–H groups in total. The number of nitrogens with one attached hydrogen (secondary N) is 2. The van der Waals surface area contributed by atoms with E-state index in [0.29, 0.717) is 6.54 Å². The summed E-state index contributed by atoms with van der Waals surface area (Å²) in [4.78, 5) is 11.7. The van der Waals surface area contributed by atoms with Crippen molar-refractivity contribution in [2.24, 2.45) is 5.92 Å². The predicted molar refractivity (Wildman–Crippen MR) is 85.6 cm³/mol. The van der Waals surface area contributed by atoms with Crippen molar-refractivity contribution in [1.29, 1.82) is 0 Å². The Bertz CT molecular complexity index is 413. The van der Waals surface area contributed by atoms with E-state index in [0.717, 1.165) is 28.9 Å². The molecule has 0 aliphatic heterocycles. The lowest BCUT2D eigenvalue weighted by Crippen LogP contribution is -2.36. The highest BCUT2D eigenvalue weighted by Gasteiger charge is 2.13. The summed E-state index contributed by atoms with van der Waals surface area (Å²) >= 11 is 3.40. The van der Waals surface area contributed by atoms with Gasteiger partial charge in [-0.1, -0.05) is 60.2 Å². The van der Waals surface area contributed by atoms with Gasteiger partial charge in [-0.3, -0.25) is 0 Å². The smallest absolute Gasteiger partial charge is 0.315 e. The number of hydrogen-bond acceptors (Lipinski definition) is 1. The molecule has 110 valence electrons. The summed E-state index contributed by atoms with van der Waals surface area (Å²) in [6, 6.07) is 7.91. The van der Waals surface area contributed by atoms with Gasteiger partial charge in [0, 0.05) is 17.6 Å². The molecule has 0 atom stereocenters. The molecule has 1 fully saturated rings. The topological polar surface area (TPSA) is 41.1 Å². The van der Waals surface area contributed by atoms with Crippen molar-refractivity contribution >= 4 is 22.0 Å². The fraction of sp³-hybridized carbons (Fsp3) is 0.562. The van der Waals surface area contributed by atoms with Crippen molar-refractivity contribution in [1.82, 2.24) is 10.6 Å². The van der Waals surface area contributed by atoms with E-state index in [1.807, 2.05) is 24.3 Å².